The molecule has 0 saturated carbocycles. The van der Waals surface area contributed by atoms with E-state index in [4.69, 9.17) is 0 Å². The van der Waals surface area contributed by atoms with Gasteiger partial charge in [0, 0.05) is 13.1 Å². The summed E-state index contributed by atoms with van der Waals surface area (Å²) in [5.41, 5.74) is 0.885. The van der Waals surface area contributed by atoms with E-state index in [2.05, 4.69) is 36.1 Å². The zero-order valence-electron chi connectivity index (χ0n) is 10.0. The van der Waals surface area contributed by atoms with Gasteiger partial charge < -0.3 is 5.11 Å². The fourth-order valence-electron chi connectivity index (χ4n) is 2.47. The van der Waals surface area contributed by atoms with Crippen LogP contribution >= 0.6 is 0 Å². The maximum Gasteiger partial charge on any atom is 0.0772 e. The summed E-state index contributed by atoms with van der Waals surface area (Å²) in [5.74, 6) is 0. The Kier molecular flexibility index (Phi) is 3.62. The van der Waals surface area contributed by atoms with E-state index in [9.17, 15) is 5.11 Å². The first-order valence-corrected chi connectivity index (χ1v) is 6.20. The van der Waals surface area contributed by atoms with E-state index in [1.54, 1.807) is 0 Å². The summed E-state index contributed by atoms with van der Waals surface area (Å²) >= 11 is 0. The van der Waals surface area contributed by atoms with E-state index in [1.165, 1.54) is 5.56 Å². The molecular weight excluding hydrogens is 198 g/mol. The van der Waals surface area contributed by atoms with Crippen LogP contribution in [0.1, 0.15) is 31.7 Å². The second-order valence-electron chi connectivity index (χ2n) is 4.88. The minimum atomic E-state index is -0.451. The Hall–Kier alpha value is -0.860. The summed E-state index contributed by atoms with van der Waals surface area (Å²) in [5, 5.41) is 10.3. The highest BCUT2D eigenvalue weighted by molar-refractivity contribution is 5.14. The van der Waals surface area contributed by atoms with Gasteiger partial charge in [0.25, 0.3) is 0 Å². The molecule has 1 unspecified atom stereocenters. The van der Waals surface area contributed by atoms with Gasteiger partial charge in [-0.25, -0.2) is 0 Å². The van der Waals surface area contributed by atoms with Crippen molar-refractivity contribution in [1.82, 2.24) is 4.90 Å². The number of hydrogen-bond donors (Lipinski definition) is 1. The van der Waals surface area contributed by atoms with Gasteiger partial charge in [-0.05, 0) is 31.4 Å². The molecule has 1 aromatic carbocycles. The Morgan fingerprint density at radius 2 is 2.06 bits per heavy atom. The van der Waals surface area contributed by atoms with Crippen LogP contribution in [0.15, 0.2) is 30.3 Å². The third-order valence-electron chi connectivity index (χ3n) is 3.54. The van der Waals surface area contributed by atoms with Crippen molar-refractivity contribution in [3.63, 3.8) is 0 Å². The van der Waals surface area contributed by atoms with Crippen molar-refractivity contribution < 1.29 is 5.11 Å². The lowest BCUT2D eigenvalue weighted by molar-refractivity contribution is -0.0357. The van der Waals surface area contributed by atoms with Crippen molar-refractivity contribution in [2.24, 2.45) is 0 Å². The van der Waals surface area contributed by atoms with Gasteiger partial charge in [-0.1, -0.05) is 37.3 Å². The Morgan fingerprint density at radius 1 is 1.31 bits per heavy atom. The van der Waals surface area contributed by atoms with Crippen molar-refractivity contribution in [2.45, 2.75) is 38.3 Å². The first-order chi connectivity index (χ1) is 7.72. The average Bonchev–Trinajstić information content (AvgIpc) is 2.30. The summed E-state index contributed by atoms with van der Waals surface area (Å²) in [7, 11) is 0. The number of likely N-dealkylation sites (tertiary alicyclic amines) is 1. The first-order valence-electron chi connectivity index (χ1n) is 6.20. The molecule has 16 heavy (non-hydrogen) atoms. The summed E-state index contributed by atoms with van der Waals surface area (Å²) in [6.45, 7) is 4.96. The molecule has 2 nitrogen and oxygen atoms in total. The van der Waals surface area contributed by atoms with Gasteiger partial charge in [-0.15, -0.1) is 0 Å². The molecule has 1 atom stereocenters. The van der Waals surface area contributed by atoms with Crippen LogP contribution in [0.5, 0.6) is 0 Å². The molecule has 1 heterocycles. The van der Waals surface area contributed by atoms with Crippen molar-refractivity contribution >= 4 is 0 Å². The van der Waals surface area contributed by atoms with Gasteiger partial charge in [0.2, 0.25) is 0 Å². The quantitative estimate of drug-likeness (QED) is 0.844. The largest absolute Gasteiger partial charge is 0.389 e. The van der Waals surface area contributed by atoms with Crippen LogP contribution in [-0.4, -0.2) is 28.7 Å². The number of aliphatic hydroxyl groups is 1. The number of hydrogen-bond acceptors (Lipinski definition) is 2. The molecule has 0 spiro atoms. The van der Waals surface area contributed by atoms with E-state index in [-0.39, 0.29) is 0 Å². The van der Waals surface area contributed by atoms with Crippen LogP contribution in [-0.2, 0) is 6.54 Å². The highest BCUT2D eigenvalue weighted by atomic mass is 16.3. The number of benzene rings is 1. The zero-order valence-corrected chi connectivity index (χ0v) is 10.0. The lowest BCUT2D eigenvalue weighted by Crippen LogP contribution is -2.47. The Labute approximate surface area is 97.9 Å². The van der Waals surface area contributed by atoms with Crippen LogP contribution in [0.2, 0.25) is 0 Å². The Morgan fingerprint density at radius 3 is 2.75 bits per heavy atom. The van der Waals surface area contributed by atoms with Crippen LogP contribution in [0.4, 0.5) is 0 Å². The van der Waals surface area contributed by atoms with E-state index in [0.717, 1.165) is 38.9 Å². The minimum absolute atomic E-state index is 0.451. The maximum atomic E-state index is 10.3. The molecule has 1 fully saturated rings. The number of nitrogens with zero attached hydrogens (tertiary/aromatic N) is 1. The lowest BCUT2D eigenvalue weighted by atomic mass is 9.90. The van der Waals surface area contributed by atoms with Gasteiger partial charge >= 0.3 is 0 Å². The van der Waals surface area contributed by atoms with E-state index in [0.29, 0.717) is 0 Å². The molecule has 0 bridgehead atoms. The van der Waals surface area contributed by atoms with Crippen LogP contribution < -0.4 is 0 Å². The highest BCUT2D eigenvalue weighted by Crippen LogP contribution is 2.25. The Balaban J connectivity index is 1.96. The molecule has 0 aliphatic carbocycles. The monoisotopic (exact) mass is 219 g/mol. The molecule has 88 valence electrons. The standard InChI is InChI=1S/C14H21NO/c1-2-14(16)9-6-10-15(12-14)11-13-7-4-3-5-8-13/h3-5,7-8,16H,2,6,9-12H2,1H3. The minimum Gasteiger partial charge on any atom is -0.389 e. The third kappa shape index (κ3) is 2.83. The Bertz CT molecular complexity index is 325. The summed E-state index contributed by atoms with van der Waals surface area (Å²) < 4.78 is 0. The van der Waals surface area contributed by atoms with E-state index < -0.39 is 5.60 Å². The fraction of sp³-hybridized carbons (Fsp3) is 0.571. The van der Waals surface area contributed by atoms with Gasteiger partial charge in [-0.3, -0.25) is 4.90 Å². The molecule has 1 saturated heterocycles. The first kappa shape index (κ1) is 11.6. The van der Waals surface area contributed by atoms with Crippen molar-refractivity contribution in [3.8, 4) is 0 Å². The maximum absolute atomic E-state index is 10.3. The molecule has 1 aromatic rings. The summed E-state index contributed by atoms with van der Waals surface area (Å²) in [6, 6.07) is 10.5. The van der Waals surface area contributed by atoms with Crippen molar-refractivity contribution in [3.05, 3.63) is 35.9 Å². The lowest BCUT2D eigenvalue weighted by Gasteiger charge is -2.38. The van der Waals surface area contributed by atoms with Crippen LogP contribution in [0.3, 0.4) is 0 Å². The van der Waals surface area contributed by atoms with Gasteiger partial charge in [0.05, 0.1) is 5.60 Å². The molecule has 0 aromatic heterocycles. The average molecular weight is 219 g/mol. The molecular formula is C14H21NO. The summed E-state index contributed by atoms with van der Waals surface area (Å²) in [6.07, 6.45) is 2.92. The normalized spacial score (nSPS) is 26.9. The molecule has 1 N–H and O–H groups in total. The van der Waals surface area contributed by atoms with Gasteiger partial charge in [0.1, 0.15) is 0 Å². The van der Waals surface area contributed by atoms with E-state index >= 15 is 0 Å². The van der Waals surface area contributed by atoms with Gasteiger partial charge in [-0.2, -0.15) is 0 Å². The number of piperidine rings is 1. The molecule has 2 heteroatoms. The molecule has 1 aliphatic heterocycles. The number of β-amino-alcohol motifs (C(OH)–C–C–N with tert-alkyl or cyclic N) is 1. The molecule has 0 amide bonds. The smallest absolute Gasteiger partial charge is 0.0772 e. The SMILES string of the molecule is CCC1(O)CCCN(Cc2ccccc2)C1. The second kappa shape index (κ2) is 4.98. The predicted octanol–water partition coefficient (Wildman–Crippen LogP) is 2.42. The van der Waals surface area contributed by atoms with Crippen molar-refractivity contribution in [1.29, 1.82) is 0 Å². The topological polar surface area (TPSA) is 23.5 Å². The predicted molar refractivity (Wildman–Crippen MR) is 66.2 cm³/mol. The zero-order chi connectivity index (χ0) is 11.4. The van der Waals surface area contributed by atoms with Crippen molar-refractivity contribution in [2.75, 3.05) is 13.1 Å². The van der Waals surface area contributed by atoms with Crippen LogP contribution in [0.25, 0.3) is 0 Å². The molecule has 0 radical (unpaired) electrons. The highest BCUT2D eigenvalue weighted by Gasteiger charge is 2.31. The second-order valence-corrected chi connectivity index (χ2v) is 4.88. The fourth-order valence-corrected chi connectivity index (χ4v) is 2.47. The summed E-state index contributed by atoms with van der Waals surface area (Å²) in [4.78, 5) is 2.36. The van der Waals surface area contributed by atoms with Gasteiger partial charge in [0.15, 0.2) is 0 Å². The van der Waals surface area contributed by atoms with E-state index in [1.807, 2.05) is 6.07 Å². The molecule has 2 rings (SSSR count). The van der Waals surface area contributed by atoms with Crippen LogP contribution in [0, 0.1) is 0 Å². The number of rotatable bonds is 3. The molecule has 1 aliphatic rings. The third-order valence-corrected chi connectivity index (χ3v) is 3.54.